The average Bonchev–Trinajstić information content (AvgIpc) is 2.71. The Labute approximate surface area is 121 Å². The third kappa shape index (κ3) is 2.98. The molecule has 0 saturated heterocycles. The van der Waals surface area contributed by atoms with Gasteiger partial charge in [-0.1, -0.05) is 23.2 Å². The maximum absolute atomic E-state index is 6.03. The van der Waals surface area contributed by atoms with Crippen LogP contribution in [0.3, 0.4) is 0 Å². The van der Waals surface area contributed by atoms with E-state index in [2.05, 4.69) is 25.9 Å². The molecule has 0 aliphatic heterocycles. The lowest BCUT2D eigenvalue weighted by Gasteiger charge is -2.06. The molecular formula is C10H7BrCl2N2OS. The van der Waals surface area contributed by atoms with Crippen LogP contribution in [0.25, 0.3) is 10.7 Å². The third-order valence-corrected chi connectivity index (χ3v) is 4.52. The summed E-state index contributed by atoms with van der Waals surface area (Å²) in [7, 11) is 1.60. The summed E-state index contributed by atoms with van der Waals surface area (Å²) in [6.45, 7) is 0.370. The first-order valence-electron chi connectivity index (χ1n) is 4.58. The van der Waals surface area contributed by atoms with Gasteiger partial charge in [-0.3, -0.25) is 0 Å². The molecule has 2 rings (SSSR count). The van der Waals surface area contributed by atoms with Gasteiger partial charge in [0.15, 0.2) is 5.82 Å². The van der Waals surface area contributed by atoms with Crippen LogP contribution in [0.15, 0.2) is 16.6 Å². The molecule has 17 heavy (non-hydrogen) atoms. The van der Waals surface area contributed by atoms with Crippen LogP contribution < -0.4 is 0 Å². The van der Waals surface area contributed by atoms with Crippen LogP contribution in [0.2, 0.25) is 9.49 Å². The zero-order chi connectivity index (χ0) is 12.4. The number of hydrogen-bond acceptors (Lipinski definition) is 4. The topological polar surface area (TPSA) is 35.0 Å². The monoisotopic (exact) mass is 352 g/mol. The van der Waals surface area contributed by atoms with Crippen molar-refractivity contribution in [3.8, 4) is 10.7 Å². The van der Waals surface area contributed by atoms with Crippen molar-refractivity contribution in [3.05, 3.63) is 31.8 Å². The fraction of sp³-hybridized carbons (Fsp3) is 0.200. The van der Waals surface area contributed by atoms with Crippen molar-refractivity contribution in [3.63, 3.8) is 0 Å². The molecule has 90 valence electrons. The first kappa shape index (κ1) is 13.2. The summed E-state index contributed by atoms with van der Waals surface area (Å²) in [5, 5.41) is 0.367. The molecular weight excluding hydrogens is 347 g/mol. The number of rotatable bonds is 3. The molecule has 2 aromatic rings. The van der Waals surface area contributed by atoms with E-state index in [1.165, 1.54) is 11.3 Å². The molecule has 0 amide bonds. The van der Waals surface area contributed by atoms with E-state index in [4.69, 9.17) is 27.9 Å². The maximum atomic E-state index is 6.03. The van der Waals surface area contributed by atoms with Gasteiger partial charge < -0.3 is 4.74 Å². The van der Waals surface area contributed by atoms with Crippen LogP contribution >= 0.6 is 50.5 Å². The second-order valence-corrected chi connectivity index (χ2v) is 6.00. The van der Waals surface area contributed by atoms with E-state index in [9.17, 15) is 0 Å². The number of ether oxygens (including phenoxy) is 1. The Morgan fingerprint density at radius 1 is 1.35 bits per heavy atom. The van der Waals surface area contributed by atoms with Gasteiger partial charge in [0, 0.05) is 7.11 Å². The number of nitrogens with zero attached hydrogens (tertiary/aromatic N) is 2. The molecule has 0 aliphatic rings. The summed E-state index contributed by atoms with van der Waals surface area (Å²) in [6, 6.07) is 3.67. The first-order valence-corrected chi connectivity index (χ1v) is 6.95. The van der Waals surface area contributed by atoms with E-state index in [0.29, 0.717) is 32.1 Å². The Morgan fingerprint density at radius 3 is 2.71 bits per heavy atom. The van der Waals surface area contributed by atoms with Crippen molar-refractivity contribution in [2.75, 3.05) is 7.11 Å². The van der Waals surface area contributed by atoms with Gasteiger partial charge in [-0.05, 0) is 28.1 Å². The molecule has 0 N–H and O–H groups in total. The van der Waals surface area contributed by atoms with Crippen LogP contribution in [0.4, 0.5) is 0 Å². The molecule has 0 aliphatic carbocycles. The lowest BCUT2D eigenvalue weighted by molar-refractivity contribution is 0.181. The highest BCUT2D eigenvalue weighted by atomic mass is 79.9. The van der Waals surface area contributed by atoms with Gasteiger partial charge in [-0.2, -0.15) is 0 Å². The average molecular weight is 354 g/mol. The maximum Gasteiger partial charge on any atom is 0.171 e. The minimum atomic E-state index is 0.367. The fourth-order valence-electron chi connectivity index (χ4n) is 1.24. The highest BCUT2D eigenvalue weighted by Gasteiger charge is 2.13. The highest BCUT2D eigenvalue weighted by molar-refractivity contribution is 9.10. The highest BCUT2D eigenvalue weighted by Crippen LogP contribution is 2.32. The summed E-state index contributed by atoms with van der Waals surface area (Å²) in [5.41, 5.74) is 0.715. The van der Waals surface area contributed by atoms with Crippen LogP contribution in [0, 0.1) is 0 Å². The van der Waals surface area contributed by atoms with Gasteiger partial charge in [0.1, 0.15) is 5.15 Å². The Morgan fingerprint density at radius 2 is 2.12 bits per heavy atom. The van der Waals surface area contributed by atoms with E-state index < -0.39 is 0 Å². The lowest BCUT2D eigenvalue weighted by atomic mass is 10.4. The SMILES string of the molecule is COCc1nc(-c2ccc(Cl)s2)nc(Cl)c1Br. The Bertz CT molecular complexity index is 547. The van der Waals surface area contributed by atoms with Crippen LogP contribution in [0.1, 0.15) is 5.69 Å². The Kier molecular flexibility index (Phi) is 4.38. The van der Waals surface area contributed by atoms with E-state index >= 15 is 0 Å². The number of thiophene rings is 1. The van der Waals surface area contributed by atoms with Gasteiger partial charge >= 0.3 is 0 Å². The normalized spacial score (nSPS) is 10.8. The zero-order valence-corrected chi connectivity index (χ0v) is 12.6. The second-order valence-electron chi connectivity index (χ2n) is 3.14. The molecule has 0 fully saturated rings. The second kappa shape index (κ2) is 5.63. The van der Waals surface area contributed by atoms with Crippen molar-refractivity contribution in [2.45, 2.75) is 6.61 Å². The molecule has 7 heteroatoms. The summed E-state index contributed by atoms with van der Waals surface area (Å²) in [5.74, 6) is 0.558. The molecule has 0 saturated carbocycles. The van der Waals surface area contributed by atoms with E-state index in [1.54, 1.807) is 13.2 Å². The predicted octanol–water partition coefficient (Wildman–Crippen LogP) is 4.42. The summed E-state index contributed by atoms with van der Waals surface area (Å²) in [6.07, 6.45) is 0. The Balaban J connectivity index is 2.48. The Hall–Kier alpha value is -0.200. The number of hydrogen-bond donors (Lipinski definition) is 0. The molecule has 0 unspecified atom stereocenters. The number of halogens is 3. The minimum Gasteiger partial charge on any atom is -0.378 e. The van der Waals surface area contributed by atoms with Crippen molar-refractivity contribution < 1.29 is 4.74 Å². The van der Waals surface area contributed by atoms with Crippen LogP contribution in [0.5, 0.6) is 0 Å². The molecule has 0 radical (unpaired) electrons. The van der Waals surface area contributed by atoms with E-state index in [1.807, 2.05) is 6.07 Å². The van der Waals surface area contributed by atoms with Crippen molar-refractivity contribution in [1.82, 2.24) is 9.97 Å². The molecule has 3 nitrogen and oxygen atoms in total. The van der Waals surface area contributed by atoms with Crippen LogP contribution in [-0.4, -0.2) is 17.1 Å². The van der Waals surface area contributed by atoms with E-state index in [-0.39, 0.29) is 0 Å². The quantitative estimate of drug-likeness (QED) is 0.766. The molecule has 2 heterocycles. The van der Waals surface area contributed by atoms with Gasteiger partial charge in [0.2, 0.25) is 0 Å². The zero-order valence-electron chi connectivity index (χ0n) is 8.71. The molecule has 0 bridgehead atoms. The molecule has 0 atom stereocenters. The van der Waals surface area contributed by atoms with Crippen molar-refractivity contribution in [1.29, 1.82) is 0 Å². The fourth-order valence-corrected chi connectivity index (χ4v) is 2.70. The standard InChI is InChI=1S/C10H7BrCl2N2OS/c1-16-4-5-8(11)9(13)15-10(14-5)6-2-3-7(12)17-6/h2-3H,4H2,1H3. The largest absolute Gasteiger partial charge is 0.378 e. The van der Waals surface area contributed by atoms with Crippen LogP contribution in [-0.2, 0) is 11.3 Å². The van der Waals surface area contributed by atoms with Gasteiger partial charge in [0.05, 0.1) is 26.0 Å². The predicted molar refractivity (Wildman–Crippen MR) is 73.8 cm³/mol. The summed E-state index contributed by atoms with van der Waals surface area (Å²) >= 11 is 16.6. The minimum absolute atomic E-state index is 0.367. The van der Waals surface area contributed by atoms with Crippen molar-refractivity contribution >= 4 is 50.5 Å². The first-order chi connectivity index (χ1) is 8.11. The molecule has 0 aromatic carbocycles. The van der Waals surface area contributed by atoms with Gasteiger partial charge in [-0.25, -0.2) is 9.97 Å². The van der Waals surface area contributed by atoms with E-state index in [0.717, 1.165) is 4.88 Å². The third-order valence-electron chi connectivity index (χ3n) is 1.95. The van der Waals surface area contributed by atoms with Gasteiger partial charge in [0.25, 0.3) is 0 Å². The smallest absolute Gasteiger partial charge is 0.171 e. The van der Waals surface area contributed by atoms with Crippen molar-refractivity contribution in [2.24, 2.45) is 0 Å². The molecule has 2 aromatic heterocycles. The summed E-state index contributed by atoms with van der Waals surface area (Å²) in [4.78, 5) is 9.47. The molecule has 0 spiro atoms. The number of methoxy groups -OCH3 is 1. The summed E-state index contributed by atoms with van der Waals surface area (Å²) < 4.78 is 6.41. The van der Waals surface area contributed by atoms with Gasteiger partial charge in [-0.15, -0.1) is 11.3 Å². The lowest BCUT2D eigenvalue weighted by Crippen LogP contribution is -1.99. The number of aromatic nitrogens is 2.